The summed E-state index contributed by atoms with van der Waals surface area (Å²) in [7, 11) is 3.40. The number of aromatic nitrogens is 1. The van der Waals surface area contributed by atoms with Crippen LogP contribution in [0.15, 0.2) is 66.9 Å². The Labute approximate surface area is 151 Å². The van der Waals surface area contributed by atoms with Crippen LogP contribution in [-0.2, 0) is 6.61 Å². The molecule has 0 bridgehead atoms. The molecular formula is C21H19FN2O2. The lowest BCUT2D eigenvalue weighted by molar-refractivity contribution is 0.0827. The van der Waals surface area contributed by atoms with E-state index in [1.54, 1.807) is 50.6 Å². The van der Waals surface area contributed by atoms with Crippen LogP contribution in [0.2, 0.25) is 0 Å². The van der Waals surface area contributed by atoms with Gasteiger partial charge in [0.15, 0.2) is 0 Å². The highest BCUT2D eigenvalue weighted by atomic mass is 19.1. The normalized spacial score (nSPS) is 10.4. The molecule has 0 aliphatic carbocycles. The zero-order chi connectivity index (χ0) is 18.5. The second kappa shape index (κ2) is 7.78. The number of benzene rings is 2. The van der Waals surface area contributed by atoms with Crippen molar-refractivity contribution in [1.29, 1.82) is 0 Å². The van der Waals surface area contributed by atoms with Crippen molar-refractivity contribution in [1.82, 2.24) is 9.88 Å². The topological polar surface area (TPSA) is 42.4 Å². The van der Waals surface area contributed by atoms with E-state index in [0.717, 1.165) is 11.3 Å². The first-order chi connectivity index (χ1) is 12.5. The Morgan fingerprint density at radius 3 is 2.58 bits per heavy atom. The van der Waals surface area contributed by atoms with Gasteiger partial charge in [-0.05, 0) is 30.3 Å². The Bertz CT molecular complexity index is 908. The molecule has 0 spiro atoms. The smallest absolute Gasteiger partial charge is 0.254 e. The highest BCUT2D eigenvalue weighted by Crippen LogP contribution is 2.23. The van der Waals surface area contributed by atoms with E-state index in [1.165, 1.54) is 11.0 Å². The molecule has 1 amide bonds. The minimum atomic E-state index is -0.286. The number of rotatable bonds is 5. The molecule has 0 unspecified atom stereocenters. The number of carbonyl (C=O) groups excluding carboxylic acids is 1. The maximum Gasteiger partial charge on any atom is 0.254 e. The summed E-state index contributed by atoms with van der Waals surface area (Å²) >= 11 is 0. The van der Waals surface area contributed by atoms with Crippen LogP contribution in [0.4, 0.5) is 4.39 Å². The summed E-state index contributed by atoms with van der Waals surface area (Å²) in [6.45, 7) is 0.153. The van der Waals surface area contributed by atoms with Gasteiger partial charge in [-0.15, -0.1) is 0 Å². The largest absolute Gasteiger partial charge is 0.489 e. The molecule has 0 N–H and O–H groups in total. The van der Waals surface area contributed by atoms with Crippen molar-refractivity contribution in [3.05, 3.63) is 83.8 Å². The van der Waals surface area contributed by atoms with Crippen molar-refractivity contribution >= 4 is 5.91 Å². The zero-order valence-electron chi connectivity index (χ0n) is 14.6. The SMILES string of the molecule is CN(C)C(=O)c1ccc(-c2cccc(OCc3ccccc3F)c2)nc1. The van der Waals surface area contributed by atoms with Crippen LogP contribution in [0.1, 0.15) is 15.9 Å². The summed E-state index contributed by atoms with van der Waals surface area (Å²) in [5.41, 5.74) is 2.63. The third kappa shape index (κ3) is 4.06. The molecule has 0 saturated heterocycles. The van der Waals surface area contributed by atoms with Crippen LogP contribution in [0.25, 0.3) is 11.3 Å². The molecular weight excluding hydrogens is 331 g/mol. The monoisotopic (exact) mass is 350 g/mol. The molecule has 2 aromatic carbocycles. The number of carbonyl (C=O) groups is 1. The van der Waals surface area contributed by atoms with Crippen LogP contribution < -0.4 is 4.74 Å². The van der Waals surface area contributed by atoms with Gasteiger partial charge < -0.3 is 9.64 Å². The minimum Gasteiger partial charge on any atom is -0.489 e. The van der Waals surface area contributed by atoms with Crippen LogP contribution in [0, 0.1) is 5.82 Å². The van der Waals surface area contributed by atoms with Gasteiger partial charge in [0.2, 0.25) is 0 Å². The third-order valence-corrected chi connectivity index (χ3v) is 3.90. The van der Waals surface area contributed by atoms with Gasteiger partial charge >= 0.3 is 0 Å². The third-order valence-electron chi connectivity index (χ3n) is 3.90. The fourth-order valence-corrected chi connectivity index (χ4v) is 2.47. The standard InChI is InChI=1S/C21H19FN2O2/c1-24(2)21(25)16-10-11-20(23-13-16)15-7-5-8-18(12-15)26-14-17-6-3-4-9-19(17)22/h3-13H,14H2,1-2H3. The summed E-state index contributed by atoms with van der Waals surface area (Å²) in [4.78, 5) is 17.8. The molecule has 4 nitrogen and oxygen atoms in total. The van der Waals surface area contributed by atoms with E-state index in [-0.39, 0.29) is 18.3 Å². The van der Waals surface area contributed by atoms with E-state index >= 15 is 0 Å². The molecule has 0 aliphatic rings. The predicted molar refractivity (Wildman–Crippen MR) is 98.4 cm³/mol. The molecule has 132 valence electrons. The number of nitrogens with zero attached hydrogens (tertiary/aromatic N) is 2. The van der Waals surface area contributed by atoms with E-state index in [1.807, 2.05) is 24.3 Å². The second-order valence-electron chi connectivity index (χ2n) is 6.04. The van der Waals surface area contributed by atoms with Crippen molar-refractivity contribution in [3.63, 3.8) is 0 Å². The van der Waals surface area contributed by atoms with Crippen molar-refractivity contribution < 1.29 is 13.9 Å². The molecule has 0 aliphatic heterocycles. The lowest BCUT2D eigenvalue weighted by Crippen LogP contribution is -2.21. The van der Waals surface area contributed by atoms with Gasteiger partial charge in [0.05, 0.1) is 11.3 Å². The lowest BCUT2D eigenvalue weighted by atomic mass is 10.1. The molecule has 0 atom stereocenters. The first-order valence-electron chi connectivity index (χ1n) is 8.19. The average Bonchev–Trinajstić information content (AvgIpc) is 2.67. The minimum absolute atomic E-state index is 0.0916. The first-order valence-corrected chi connectivity index (χ1v) is 8.19. The quantitative estimate of drug-likeness (QED) is 0.694. The van der Waals surface area contributed by atoms with Crippen molar-refractivity contribution in [3.8, 4) is 17.0 Å². The van der Waals surface area contributed by atoms with Crippen LogP contribution in [-0.4, -0.2) is 29.9 Å². The molecule has 1 heterocycles. The maximum atomic E-state index is 13.7. The number of pyridine rings is 1. The molecule has 26 heavy (non-hydrogen) atoms. The molecule has 3 rings (SSSR count). The van der Waals surface area contributed by atoms with Crippen molar-refractivity contribution in [2.45, 2.75) is 6.61 Å². The predicted octanol–water partition coefficient (Wildman–Crippen LogP) is 4.17. The highest BCUT2D eigenvalue weighted by molar-refractivity contribution is 5.93. The Morgan fingerprint density at radius 1 is 1.08 bits per heavy atom. The number of hydrogen-bond acceptors (Lipinski definition) is 3. The fourth-order valence-electron chi connectivity index (χ4n) is 2.47. The van der Waals surface area contributed by atoms with Gasteiger partial charge in [0.1, 0.15) is 18.2 Å². The maximum absolute atomic E-state index is 13.7. The van der Waals surface area contributed by atoms with Gasteiger partial charge in [0, 0.05) is 31.4 Å². The van der Waals surface area contributed by atoms with Gasteiger partial charge in [-0.2, -0.15) is 0 Å². The number of halogens is 1. The van der Waals surface area contributed by atoms with Crippen LogP contribution >= 0.6 is 0 Å². The van der Waals surface area contributed by atoms with E-state index < -0.39 is 0 Å². The van der Waals surface area contributed by atoms with E-state index in [9.17, 15) is 9.18 Å². The van der Waals surface area contributed by atoms with E-state index in [0.29, 0.717) is 16.9 Å². The number of ether oxygens (including phenoxy) is 1. The summed E-state index contributed by atoms with van der Waals surface area (Å²) in [6.07, 6.45) is 1.56. The Kier molecular flexibility index (Phi) is 5.27. The van der Waals surface area contributed by atoms with E-state index in [2.05, 4.69) is 4.98 Å². The molecule has 0 fully saturated rings. The average molecular weight is 350 g/mol. The molecule has 0 radical (unpaired) electrons. The Morgan fingerprint density at radius 2 is 1.88 bits per heavy atom. The number of hydrogen-bond donors (Lipinski definition) is 0. The second-order valence-corrected chi connectivity index (χ2v) is 6.04. The lowest BCUT2D eigenvalue weighted by Gasteiger charge is -2.11. The molecule has 0 saturated carbocycles. The summed E-state index contributed by atoms with van der Waals surface area (Å²) in [5.74, 6) is 0.249. The first kappa shape index (κ1) is 17.6. The highest BCUT2D eigenvalue weighted by Gasteiger charge is 2.09. The van der Waals surface area contributed by atoms with Crippen LogP contribution in [0.3, 0.4) is 0 Å². The summed E-state index contributed by atoms with van der Waals surface area (Å²) in [6, 6.07) is 17.5. The Balaban J connectivity index is 1.75. The Hall–Kier alpha value is -3.21. The molecule has 5 heteroatoms. The fraction of sp³-hybridized carbons (Fsp3) is 0.143. The van der Waals surface area contributed by atoms with Gasteiger partial charge in [-0.3, -0.25) is 9.78 Å². The summed E-state index contributed by atoms with van der Waals surface area (Å²) in [5, 5.41) is 0. The molecule has 3 aromatic rings. The number of amides is 1. The molecule has 1 aromatic heterocycles. The zero-order valence-corrected chi connectivity index (χ0v) is 14.6. The van der Waals surface area contributed by atoms with Gasteiger partial charge in [0.25, 0.3) is 5.91 Å². The van der Waals surface area contributed by atoms with Crippen molar-refractivity contribution in [2.24, 2.45) is 0 Å². The van der Waals surface area contributed by atoms with Crippen molar-refractivity contribution in [2.75, 3.05) is 14.1 Å². The van der Waals surface area contributed by atoms with Gasteiger partial charge in [-0.1, -0.05) is 30.3 Å². The van der Waals surface area contributed by atoms with Crippen LogP contribution in [0.5, 0.6) is 5.75 Å². The summed E-state index contributed by atoms with van der Waals surface area (Å²) < 4.78 is 19.4. The van der Waals surface area contributed by atoms with E-state index in [4.69, 9.17) is 4.74 Å². The van der Waals surface area contributed by atoms with Gasteiger partial charge in [-0.25, -0.2) is 4.39 Å².